The summed E-state index contributed by atoms with van der Waals surface area (Å²) in [5.74, 6) is -1.40. The molecule has 2 aliphatic heterocycles. The number of halogens is 1. The standard InChI is InChI=1S/C28H28FN3O5/c1-4-14-16-8-22-26-17(10-32(22)27(34)18(16)11-37-28(14)35)25-20(30-23(33)12-36-5-2)7-6-15-13(3)19(29)9-21(31-26)24(15)25/h8-9,14,20H,4-7,10-12H2,1-3H3,(H,30,33)/t14?,20-/m0/s1. The van der Waals surface area contributed by atoms with Gasteiger partial charge in [-0.1, -0.05) is 6.92 Å². The zero-order valence-electron chi connectivity index (χ0n) is 21.1. The van der Waals surface area contributed by atoms with E-state index in [0.717, 1.165) is 22.1 Å². The molecular formula is C28H28FN3O5. The summed E-state index contributed by atoms with van der Waals surface area (Å²) in [6, 6.07) is 2.99. The number of fused-ring (bicyclic) bond motifs is 5. The van der Waals surface area contributed by atoms with Crippen molar-refractivity contribution in [2.24, 2.45) is 0 Å². The van der Waals surface area contributed by atoms with Gasteiger partial charge in [-0.15, -0.1) is 0 Å². The minimum absolute atomic E-state index is 0.0441. The molecule has 9 heteroatoms. The first kappa shape index (κ1) is 23.8. The van der Waals surface area contributed by atoms with Crippen LogP contribution in [0.1, 0.15) is 72.0 Å². The van der Waals surface area contributed by atoms with E-state index in [2.05, 4.69) is 5.32 Å². The third kappa shape index (κ3) is 3.51. The highest BCUT2D eigenvalue weighted by atomic mass is 19.1. The van der Waals surface area contributed by atoms with E-state index in [4.69, 9.17) is 14.5 Å². The van der Waals surface area contributed by atoms with Gasteiger partial charge in [0.05, 0.1) is 41.0 Å². The van der Waals surface area contributed by atoms with Crippen LogP contribution in [0.4, 0.5) is 4.39 Å². The molecule has 0 radical (unpaired) electrons. The number of hydrogen-bond donors (Lipinski definition) is 1. The monoisotopic (exact) mass is 505 g/mol. The SMILES string of the molecule is CCOCC(=O)N[C@H]1CCc2c(C)c(F)cc3nc4c(c1c23)Cn1c-4cc2c(c1=O)COC(=O)C2CC. The predicted octanol–water partition coefficient (Wildman–Crippen LogP) is 3.56. The summed E-state index contributed by atoms with van der Waals surface area (Å²) in [4.78, 5) is 43.5. The molecule has 1 amide bonds. The molecule has 0 saturated carbocycles. The fraction of sp³-hybridized carbons (Fsp3) is 0.429. The van der Waals surface area contributed by atoms with Crippen molar-refractivity contribution in [2.45, 2.75) is 65.1 Å². The lowest BCUT2D eigenvalue weighted by Crippen LogP contribution is -2.34. The van der Waals surface area contributed by atoms with E-state index in [0.29, 0.717) is 59.5 Å². The Morgan fingerprint density at radius 1 is 1.24 bits per heavy atom. The molecule has 0 fully saturated rings. The van der Waals surface area contributed by atoms with Gasteiger partial charge >= 0.3 is 5.97 Å². The van der Waals surface area contributed by atoms with E-state index in [1.54, 1.807) is 11.5 Å². The first-order valence-corrected chi connectivity index (χ1v) is 12.8. The van der Waals surface area contributed by atoms with Gasteiger partial charge in [-0.2, -0.15) is 0 Å². The van der Waals surface area contributed by atoms with Crippen LogP contribution in [0.3, 0.4) is 0 Å². The maximum absolute atomic E-state index is 14.9. The van der Waals surface area contributed by atoms with Crippen LogP contribution in [0.15, 0.2) is 16.9 Å². The Labute approximate surface area is 212 Å². The number of nitrogens with one attached hydrogen (secondary N) is 1. The molecule has 1 N–H and O–H groups in total. The smallest absolute Gasteiger partial charge is 0.313 e. The van der Waals surface area contributed by atoms with Crippen LogP contribution in [0, 0.1) is 12.7 Å². The zero-order valence-corrected chi connectivity index (χ0v) is 21.1. The van der Waals surface area contributed by atoms with Gasteiger partial charge in [0, 0.05) is 23.6 Å². The van der Waals surface area contributed by atoms with Crippen molar-refractivity contribution in [1.29, 1.82) is 0 Å². The molecule has 8 nitrogen and oxygen atoms in total. The van der Waals surface area contributed by atoms with E-state index >= 15 is 0 Å². The summed E-state index contributed by atoms with van der Waals surface area (Å²) in [6.07, 6.45) is 1.72. The number of rotatable bonds is 5. The number of esters is 1. The maximum atomic E-state index is 14.9. The van der Waals surface area contributed by atoms with Gasteiger partial charge in [-0.05, 0) is 61.4 Å². The number of carbonyl (C=O) groups is 2. The van der Waals surface area contributed by atoms with E-state index < -0.39 is 5.92 Å². The van der Waals surface area contributed by atoms with Crippen LogP contribution in [0.5, 0.6) is 0 Å². The van der Waals surface area contributed by atoms with E-state index in [1.165, 1.54) is 6.07 Å². The normalized spacial score (nSPS) is 19.3. The van der Waals surface area contributed by atoms with E-state index in [-0.39, 0.29) is 49.1 Å². The molecule has 2 atom stereocenters. The molecular weight excluding hydrogens is 477 g/mol. The highest BCUT2D eigenvalue weighted by molar-refractivity contribution is 5.93. The Hall–Kier alpha value is -3.59. The van der Waals surface area contributed by atoms with Gasteiger partial charge < -0.3 is 19.4 Å². The van der Waals surface area contributed by atoms with E-state index in [9.17, 15) is 18.8 Å². The topological polar surface area (TPSA) is 99.5 Å². The molecule has 2 aromatic heterocycles. The third-order valence-corrected chi connectivity index (χ3v) is 7.97. The number of ether oxygens (including phenoxy) is 2. The van der Waals surface area contributed by atoms with Gasteiger partial charge in [0.25, 0.3) is 5.56 Å². The molecule has 192 valence electrons. The number of hydrogen-bond acceptors (Lipinski definition) is 6. The number of benzene rings is 1. The predicted molar refractivity (Wildman–Crippen MR) is 134 cm³/mol. The summed E-state index contributed by atoms with van der Waals surface area (Å²) in [7, 11) is 0. The maximum Gasteiger partial charge on any atom is 0.313 e. The van der Waals surface area contributed by atoms with Gasteiger partial charge in [-0.25, -0.2) is 9.37 Å². The van der Waals surface area contributed by atoms with Crippen molar-refractivity contribution in [2.75, 3.05) is 13.2 Å². The first-order valence-electron chi connectivity index (χ1n) is 12.8. The number of aryl methyl sites for hydroxylation is 1. The lowest BCUT2D eigenvalue weighted by molar-refractivity contribution is -0.148. The Bertz CT molecular complexity index is 1560. The average molecular weight is 506 g/mol. The molecule has 1 unspecified atom stereocenters. The molecule has 0 saturated heterocycles. The van der Waals surface area contributed by atoms with Crippen molar-refractivity contribution in [3.63, 3.8) is 0 Å². The van der Waals surface area contributed by atoms with Crippen molar-refractivity contribution < 1.29 is 23.5 Å². The molecule has 0 bridgehead atoms. The van der Waals surface area contributed by atoms with Crippen LogP contribution >= 0.6 is 0 Å². The molecule has 4 heterocycles. The highest BCUT2D eigenvalue weighted by Crippen LogP contribution is 2.45. The Balaban J connectivity index is 1.58. The number of nitrogens with zero attached hydrogens (tertiary/aromatic N) is 2. The molecule has 0 spiro atoms. The van der Waals surface area contributed by atoms with Gasteiger partial charge in [0.1, 0.15) is 19.0 Å². The molecule has 3 aliphatic rings. The van der Waals surface area contributed by atoms with Gasteiger partial charge in [0.2, 0.25) is 5.91 Å². The molecule has 37 heavy (non-hydrogen) atoms. The largest absolute Gasteiger partial charge is 0.460 e. The molecule has 1 aliphatic carbocycles. The number of pyridine rings is 2. The number of aromatic nitrogens is 2. The first-order chi connectivity index (χ1) is 17.8. The minimum atomic E-state index is -0.512. The summed E-state index contributed by atoms with van der Waals surface area (Å²) in [5.41, 5.74) is 5.87. The Kier molecular flexibility index (Phi) is 5.63. The fourth-order valence-corrected chi connectivity index (χ4v) is 6.15. The van der Waals surface area contributed by atoms with Crippen LogP contribution in [-0.2, 0) is 38.6 Å². The number of amides is 1. The summed E-state index contributed by atoms with van der Waals surface area (Å²) in [5, 5.41) is 3.95. The van der Waals surface area contributed by atoms with Crippen molar-refractivity contribution in [3.05, 3.63) is 61.7 Å². The van der Waals surface area contributed by atoms with Gasteiger partial charge in [-0.3, -0.25) is 14.4 Å². The summed E-state index contributed by atoms with van der Waals surface area (Å²) < 4.78 is 27.2. The number of carbonyl (C=O) groups excluding carboxylic acids is 2. The second-order valence-corrected chi connectivity index (χ2v) is 9.93. The molecule has 1 aromatic carbocycles. The van der Waals surface area contributed by atoms with Gasteiger partial charge in [0.15, 0.2) is 0 Å². The van der Waals surface area contributed by atoms with Crippen LogP contribution < -0.4 is 10.9 Å². The second-order valence-electron chi connectivity index (χ2n) is 9.93. The average Bonchev–Trinajstić information content (AvgIpc) is 3.25. The van der Waals surface area contributed by atoms with E-state index in [1.807, 2.05) is 19.9 Å². The van der Waals surface area contributed by atoms with Crippen LogP contribution in [0.2, 0.25) is 0 Å². The zero-order chi connectivity index (χ0) is 26.0. The summed E-state index contributed by atoms with van der Waals surface area (Å²) >= 11 is 0. The van der Waals surface area contributed by atoms with Crippen molar-refractivity contribution in [3.8, 4) is 11.4 Å². The Morgan fingerprint density at radius 3 is 2.81 bits per heavy atom. The highest BCUT2D eigenvalue weighted by Gasteiger charge is 2.37. The number of cyclic esters (lactones) is 1. The third-order valence-electron chi connectivity index (χ3n) is 7.97. The minimum Gasteiger partial charge on any atom is -0.460 e. The quantitative estimate of drug-likeness (QED) is 0.417. The van der Waals surface area contributed by atoms with Crippen molar-refractivity contribution in [1.82, 2.24) is 14.9 Å². The second kappa shape index (κ2) is 8.76. The van der Waals surface area contributed by atoms with Crippen molar-refractivity contribution >= 4 is 22.8 Å². The Morgan fingerprint density at radius 2 is 2.05 bits per heavy atom. The van der Waals surface area contributed by atoms with Crippen LogP contribution in [-0.4, -0.2) is 34.6 Å². The molecule has 3 aromatic rings. The lowest BCUT2D eigenvalue weighted by Gasteiger charge is -2.29. The van der Waals surface area contributed by atoms with Crippen LogP contribution in [0.25, 0.3) is 22.3 Å². The fourth-order valence-electron chi connectivity index (χ4n) is 6.15. The lowest BCUT2D eigenvalue weighted by atomic mass is 9.81. The summed E-state index contributed by atoms with van der Waals surface area (Å²) in [6.45, 7) is 6.11. The molecule has 6 rings (SSSR count).